The van der Waals surface area contributed by atoms with Crippen LogP contribution in [0.1, 0.15) is 12.0 Å². The van der Waals surface area contributed by atoms with Gasteiger partial charge in [-0.2, -0.15) is 0 Å². The van der Waals surface area contributed by atoms with E-state index in [2.05, 4.69) is 0 Å². The molecule has 1 saturated carbocycles. The molecule has 1 heterocycles. The molecule has 0 bridgehead atoms. The lowest BCUT2D eigenvalue weighted by molar-refractivity contribution is -0.131. The number of carbonyl (C=O) groups is 1. The van der Waals surface area contributed by atoms with Crippen molar-refractivity contribution in [1.29, 1.82) is 0 Å². The van der Waals surface area contributed by atoms with Crippen LogP contribution in [0.25, 0.3) is 6.08 Å². The number of aromatic nitrogens is 2. The molecule has 0 amide bonds. The van der Waals surface area contributed by atoms with E-state index in [1.165, 1.54) is 17.8 Å². The van der Waals surface area contributed by atoms with E-state index in [9.17, 15) is 24.6 Å². The van der Waals surface area contributed by atoms with Crippen molar-refractivity contribution in [3.05, 3.63) is 38.7 Å². The Morgan fingerprint density at radius 2 is 2.14 bits per heavy atom. The number of carboxylic acids is 1. The van der Waals surface area contributed by atoms with E-state index in [1.54, 1.807) is 0 Å². The van der Waals surface area contributed by atoms with Gasteiger partial charge >= 0.3 is 11.7 Å². The fourth-order valence-corrected chi connectivity index (χ4v) is 2.45. The lowest BCUT2D eigenvalue weighted by atomic mass is 10.2. The number of aliphatic carboxylic acids is 1. The maximum Gasteiger partial charge on any atom is 0.331 e. The maximum absolute atomic E-state index is 12.2. The smallest absolute Gasteiger partial charge is 0.331 e. The zero-order valence-electron chi connectivity index (χ0n) is 11.4. The third-order valence-electron chi connectivity index (χ3n) is 3.89. The van der Waals surface area contributed by atoms with Crippen molar-refractivity contribution in [1.82, 2.24) is 9.13 Å². The summed E-state index contributed by atoms with van der Waals surface area (Å²) in [5.41, 5.74) is -2.14. The Morgan fingerprint density at radius 3 is 2.62 bits per heavy atom. The van der Waals surface area contributed by atoms with Gasteiger partial charge in [0.1, 0.15) is 0 Å². The van der Waals surface area contributed by atoms with Crippen molar-refractivity contribution in [3.63, 3.8) is 0 Å². The van der Waals surface area contributed by atoms with Gasteiger partial charge in [0.15, 0.2) is 0 Å². The minimum absolute atomic E-state index is 0.0240. The molecule has 1 fully saturated rings. The highest BCUT2D eigenvalue weighted by Crippen LogP contribution is 2.48. The quantitative estimate of drug-likeness (QED) is 0.559. The van der Waals surface area contributed by atoms with E-state index in [0.29, 0.717) is 6.42 Å². The summed E-state index contributed by atoms with van der Waals surface area (Å²) < 4.78 is 2.06. The number of nitrogens with zero attached hydrogens (tertiary/aromatic N) is 2. The molecule has 8 heteroatoms. The molecule has 1 aromatic rings. The van der Waals surface area contributed by atoms with Crippen LogP contribution in [-0.4, -0.2) is 43.6 Å². The van der Waals surface area contributed by atoms with Gasteiger partial charge in [0, 0.05) is 31.8 Å². The molecule has 0 unspecified atom stereocenters. The third kappa shape index (κ3) is 2.43. The van der Waals surface area contributed by atoms with Crippen molar-refractivity contribution >= 4 is 12.0 Å². The fourth-order valence-electron chi connectivity index (χ4n) is 2.45. The van der Waals surface area contributed by atoms with Gasteiger partial charge in [0.25, 0.3) is 5.56 Å². The van der Waals surface area contributed by atoms with Gasteiger partial charge in [-0.05, 0) is 12.5 Å². The maximum atomic E-state index is 12.2. The predicted octanol–water partition coefficient (Wildman–Crippen LogP) is -1.66. The number of aliphatic hydroxyl groups excluding tert-OH is 2. The molecule has 0 aliphatic heterocycles. The first-order valence-corrected chi connectivity index (χ1v) is 6.33. The molecule has 21 heavy (non-hydrogen) atoms. The molecule has 0 saturated heterocycles. The van der Waals surface area contributed by atoms with Gasteiger partial charge in [-0.15, -0.1) is 0 Å². The minimum atomic E-state index is -1.22. The van der Waals surface area contributed by atoms with Gasteiger partial charge in [-0.25, -0.2) is 9.59 Å². The van der Waals surface area contributed by atoms with Crippen LogP contribution in [-0.2, 0) is 17.4 Å². The molecule has 0 spiro atoms. The fraction of sp³-hybridized carbons (Fsp3) is 0.462. The molecule has 8 nitrogen and oxygen atoms in total. The summed E-state index contributed by atoms with van der Waals surface area (Å²) in [6, 6.07) is 0. The second kappa shape index (κ2) is 5.30. The monoisotopic (exact) mass is 296 g/mol. The second-order valence-electron chi connectivity index (χ2n) is 5.12. The largest absolute Gasteiger partial charge is 0.478 e. The summed E-state index contributed by atoms with van der Waals surface area (Å²) in [5.74, 6) is -1.49. The lowest BCUT2D eigenvalue weighted by Crippen LogP contribution is -2.44. The molecule has 1 aliphatic carbocycles. The van der Waals surface area contributed by atoms with Crippen LogP contribution in [0.4, 0.5) is 0 Å². The molecule has 3 N–H and O–H groups in total. The van der Waals surface area contributed by atoms with Gasteiger partial charge in [-0.3, -0.25) is 13.9 Å². The normalized spacial score (nSPS) is 24.4. The van der Waals surface area contributed by atoms with E-state index >= 15 is 0 Å². The summed E-state index contributed by atoms with van der Waals surface area (Å²) >= 11 is 0. The third-order valence-corrected chi connectivity index (χ3v) is 3.89. The van der Waals surface area contributed by atoms with Crippen LogP contribution in [0.5, 0.6) is 0 Å². The molecule has 2 rings (SSSR count). The van der Waals surface area contributed by atoms with Crippen molar-refractivity contribution in [2.75, 3.05) is 13.2 Å². The second-order valence-corrected chi connectivity index (χ2v) is 5.12. The standard InChI is InChI=1S/C13H16N2O6/c1-14-11(20)8(2-3-10(18)19)5-15(12(14)21)13(7-17)4-9(13)6-16/h2-3,5,9,16-17H,4,6-7H2,1H3,(H,18,19)/b3-2+/t9-,13+/m0/s1. The van der Waals surface area contributed by atoms with Crippen LogP contribution in [0, 0.1) is 5.92 Å². The molecule has 0 radical (unpaired) electrons. The topological polar surface area (TPSA) is 122 Å². The number of rotatable bonds is 5. The van der Waals surface area contributed by atoms with Gasteiger partial charge in [0.2, 0.25) is 0 Å². The summed E-state index contributed by atoms with van der Waals surface area (Å²) in [4.78, 5) is 34.7. The Morgan fingerprint density at radius 1 is 1.48 bits per heavy atom. The van der Waals surface area contributed by atoms with E-state index in [0.717, 1.165) is 16.7 Å². The Bertz CT molecular complexity index is 716. The summed E-state index contributed by atoms with van der Waals surface area (Å²) in [5, 5.41) is 27.4. The van der Waals surface area contributed by atoms with Crippen molar-refractivity contribution in [2.24, 2.45) is 13.0 Å². The first kappa shape index (κ1) is 15.2. The Balaban J connectivity index is 2.61. The van der Waals surface area contributed by atoms with Gasteiger partial charge < -0.3 is 15.3 Å². The lowest BCUT2D eigenvalue weighted by Gasteiger charge is -2.19. The molecule has 1 aromatic heterocycles. The SMILES string of the molecule is Cn1c(=O)c(/C=C/C(=O)O)cn([C@@]2(CO)C[C@H]2CO)c1=O. The first-order valence-electron chi connectivity index (χ1n) is 6.33. The molecule has 114 valence electrons. The van der Waals surface area contributed by atoms with E-state index in [1.807, 2.05) is 0 Å². The van der Waals surface area contributed by atoms with E-state index < -0.39 is 22.8 Å². The number of carboxylic acid groups (broad SMARTS) is 1. The van der Waals surface area contributed by atoms with Gasteiger partial charge in [0.05, 0.1) is 17.7 Å². The molecule has 2 atom stereocenters. The van der Waals surface area contributed by atoms with Crippen molar-refractivity contribution in [2.45, 2.75) is 12.0 Å². The zero-order chi connectivity index (χ0) is 15.8. The Labute approximate surface area is 119 Å². The number of hydrogen-bond donors (Lipinski definition) is 3. The Kier molecular flexibility index (Phi) is 3.84. The van der Waals surface area contributed by atoms with Crippen LogP contribution in [0.2, 0.25) is 0 Å². The molecule has 0 aromatic carbocycles. The number of hydrogen-bond acceptors (Lipinski definition) is 5. The summed E-state index contributed by atoms with van der Waals surface area (Å²) in [6.45, 7) is -0.533. The van der Waals surface area contributed by atoms with Crippen LogP contribution >= 0.6 is 0 Å². The van der Waals surface area contributed by atoms with E-state index in [-0.39, 0.29) is 24.7 Å². The zero-order valence-corrected chi connectivity index (χ0v) is 11.4. The van der Waals surface area contributed by atoms with Crippen LogP contribution in [0.3, 0.4) is 0 Å². The predicted molar refractivity (Wildman–Crippen MR) is 72.9 cm³/mol. The van der Waals surface area contributed by atoms with Crippen molar-refractivity contribution in [3.8, 4) is 0 Å². The summed E-state index contributed by atoms with van der Waals surface area (Å²) in [7, 11) is 1.28. The average Bonchev–Trinajstić information content (AvgIpc) is 3.18. The Hall–Kier alpha value is -2.19. The highest BCUT2D eigenvalue weighted by Gasteiger charge is 2.55. The molecular formula is C13H16N2O6. The minimum Gasteiger partial charge on any atom is -0.478 e. The highest BCUT2D eigenvalue weighted by atomic mass is 16.4. The van der Waals surface area contributed by atoms with Crippen LogP contribution < -0.4 is 11.2 Å². The first-order chi connectivity index (χ1) is 9.87. The average molecular weight is 296 g/mol. The molecular weight excluding hydrogens is 280 g/mol. The van der Waals surface area contributed by atoms with Crippen molar-refractivity contribution < 1.29 is 20.1 Å². The highest BCUT2D eigenvalue weighted by molar-refractivity contribution is 5.85. The van der Waals surface area contributed by atoms with Crippen LogP contribution in [0.15, 0.2) is 21.9 Å². The van der Waals surface area contributed by atoms with Gasteiger partial charge in [-0.1, -0.05) is 0 Å². The number of aliphatic hydroxyl groups is 2. The molecule has 1 aliphatic rings. The van der Waals surface area contributed by atoms with E-state index in [4.69, 9.17) is 5.11 Å². The summed E-state index contributed by atoms with van der Waals surface area (Å²) in [6.07, 6.45) is 3.55.